The third-order valence-corrected chi connectivity index (χ3v) is 3.87. The van der Waals surface area contributed by atoms with Gasteiger partial charge in [0.25, 0.3) is 5.91 Å². The lowest BCUT2D eigenvalue weighted by molar-refractivity contribution is 0.102. The number of rotatable bonds is 2. The molecule has 1 amide bonds. The van der Waals surface area contributed by atoms with Crippen molar-refractivity contribution < 1.29 is 4.79 Å². The minimum Gasteiger partial charge on any atom is -0.304 e. The molecule has 0 fully saturated rings. The van der Waals surface area contributed by atoms with Gasteiger partial charge in [0.05, 0.1) is 27.9 Å². The van der Waals surface area contributed by atoms with Crippen molar-refractivity contribution in [3.05, 3.63) is 46.0 Å². The Labute approximate surface area is 119 Å². The van der Waals surface area contributed by atoms with Crippen LogP contribution in [0.15, 0.2) is 30.5 Å². The van der Waals surface area contributed by atoms with Crippen LogP contribution in [0.4, 0.5) is 5.82 Å². The Morgan fingerprint density at radius 1 is 1.15 bits per heavy atom. The number of aromatic nitrogens is 3. The Morgan fingerprint density at radius 2 is 1.90 bits per heavy atom. The molecule has 1 N–H and O–H groups in total. The van der Waals surface area contributed by atoms with Gasteiger partial charge in [-0.25, -0.2) is 9.97 Å². The van der Waals surface area contributed by atoms with Crippen LogP contribution in [0.25, 0.3) is 11.0 Å². The van der Waals surface area contributed by atoms with E-state index in [9.17, 15) is 4.79 Å². The number of aryl methyl sites for hydroxylation is 2. The number of thiazole rings is 1. The average Bonchev–Trinajstić information content (AvgIpc) is 2.78. The molecule has 0 saturated carbocycles. The molecule has 0 saturated heterocycles. The van der Waals surface area contributed by atoms with Crippen LogP contribution in [-0.4, -0.2) is 20.9 Å². The number of hydrogen-bond acceptors (Lipinski definition) is 5. The molecule has 0 atom stereocenters. The standard InChI is InChI=1S/C14H12N4OS/c1-8-13(20-9(2)16-8)14(19)18-12-7-15-10-5-3-4-6-11(10)17-12/h3-7H,1-2H3,(H,17,18,19). The van der Waals surface area contributed by atoms with E-state index < -0.39 is 0 Å². The van der Waals surface area contributed by atoms with E-state index in [1.54, 1.807) is 6.20 Å². The van der Waals surface area contributed by atoms with E-state index in [2.05, 4.69) is 20.3 Å². The van der Waals surface area contributed by atoms with Crippen LogP contribution in [0.3, 0.4) is 0 Å². The van der Waals surface area contributed by atoms with Gasteiger partial charge in [0, 0.05) is 0 Å². The maximum atomic E-state index is 12.2. The lowest BCUT2D eigenvalue weighted by Gasteiger charge is -2.04. The van der Waals surface area contributed by atoms with Crippen LogP contribution in [-0.2, 0) is 0 Å². The minimum atomic E-state index is -0.197. The molecule has 0 spiro atoms. The fraction of sp³-hybridized carbons (Fsp3) is 0.143. The number of amides is 1. The first-order valence-corrected chi connectivity index (χ1v) is 6.92. The quantitative estimate of drug-likeness (QED) is 0.785. The molecule has 6 heteroatoms. The van der Waals surface area contributed by atoms with Crippen LogP contribution in [0, 0.1) is 13.8 Å². The van der Waals surface area contributed by atoms with Crippen molar-refractivity contribution in [2.24, 2.45) is 0 Å². The summed E-state index contributed by atoms with van der Waals surface area (Å²) in [6.07, 6.45) is 1.56. The normalized spacial score (nSPS) is 10.7. The molecule has 100 valence electrons. The van der Waals surface area contributed by atoms with Crippen molar-refractivity contribution in [3.63, 3.8) is 0 Å². The van der Waals surface area contributed by atoms with Gasteiger partial charge in [-0.05, 0) is 26.0 Å². The van der Waals surface area contributed by atoms with Gasteiger partial charge in [-0.3, -0.25) is 9.78 Å². The molecule has 2 aromatic heterocycles. The fourth-order valence-electron chi connectivity index (χ4n) is 1.93. The lowest BCUT2D eigenvalue weighted by atomic mass is 10.3. The Hall–Kier alpha value is -2.34. The summed E-state index contributed by atoms with van der Waals surface area (Å²) < 4.78 is 0. The molecule has 3 rings (SSSR count). The maximum absolute atomic E-state index is 12.2. The molecule has 0 bridgehead atoms. The van der Waals surface area contributed by atoms with Crippen LogP contribution in [0.1, 0.15) is 20.4 Å². The smallest absolute Gasteiger partial charge is 0.268 e. The van der Waals surface area contributed by atoms with E-state index in [1.807, 2.05) is 38.1 Å². The molecule has 0 aliphatic rings. The molecule has 0 aliphatic carbocycles. The highest BCUT2D eigenvalue weighted by Gasteiger charge is 2.14. The molecule has 1 aromatic carbocycles. The number of para-hydroxylation sites is 2. The number of carbonyl (C=O) groups excluding carboxylic acids is 1. The Bertz CT molecular complexity index is 797. The van der Waals surface area contributed by atoms with Gasteiger partial charge in [-0.2, -0.15) is 0 Å². The first kappa shape index (κ1) is 12.7. The van der Waals surface area contributed by atoms with Crippen LogP contribution in [0.5, 0.6) is 0 Å². The monoisotopic (exact) mass is 284 g/mol. The number of anilines is 1. The number of nitrogens with zero attached hydrogens (tertiary/aromatic N) is 3. The van der Waals surface area contributed by atoms with Gasteiger partial charge < -0.3 is 5.32 Å². The van der Waals surface area contributed by atoms with Crippen molar-refractivity contribution in [3.8, 4) is 0 Å². The predicted octanol–water partition coefficient (Wildman–Crippen LogP) is 2.96. The summed E-state index contributed by atoms with van der Waals surface area (Å²) in [7, 11) is 0. The second-order valence-electron chi connectivity index (χ2n) is 4.35. The summed E-state index contributed by atoms with van der Waals surface area (Å²) in [6.45, 7) is 3.70. The van der Waals surface area contributed by atoms with Gasteiger partial charge in [0.15, 0.2) is 5.82 Å². The summed E-state index contributed by atoms with van der Waals surface area (Å²) in [6, 6.07) is 7.53. The summed E-state index contributed by atoms with van der Waals surface area (Å²) in [4.78, 5) is 25.7. The summed E-state index contributed by atoms with van der Waals surface area (Å²) in [5.41, 5.74) is 2.29. The molecule has 3 aromatic rings. The fourth-order valence-corrected chi connectivity index (χ4v) is 2.75. The first-order chi connectivity index (χ1) is 9.63. The zero-order valence-electron chi connectivity index (χ0n) is 11.0. The van der Waals surface area contributed by atoms with Gasteiger partial charge >= 0.3 is 0 Å². The van der Waals surface area contributed by atoms with Crippen LogP contribution in [0.2, 0.25) is 0 Å². The summed E-state index contributed by atoms with van der Waals surface area (Å²) in [5, 5.41) is 3.63. The molecule has 0 radical (unpaired) electrons. The molecule has 2 heterocycles. The SMILES string of the molecule is Cc1nc(C)c(C(=O)Nc2cnc3ccccc3n2)s1. The van der Waals surface area contributed by atoms with Gasteiger partial charge in [-0.1, -0.05) is 12.1 Å². The molecular weight excluding hydrogens is 272 g/mol. The molecular formula is C14H12N4OS. The Kier molecular flexibility index (Phi) is 3.15. The van der Waals surface area contributed by atoms with E-state index in [-0.39, 0.29) is 5.91 Å². The Morgan fingerprint density at radius 3 is 2.60 bits per heavy atom. The lowest BCUT2D eigenvalue weighted by Crippen LogP contribution is -2.13. The highest BCUT2D eigenvalue weighted by molar-refractivity contribution is 7.13. The number of benzene rings is 1. The van der Waals surface area contributed by atoms with Crippen molar-refractivity contribution in [2.45, 2.75) is 13.8 Å². The van der Waals surface area contributed by atoms with Crippen LogP contribution < -0.4 is 5.32 Å². The third kappa shape index (κ3) is 2.37. The van der Waals surface area contributed by atoms with Gasteiger partial charge in [-0.15, -0.1) is 11.3 Å². The second-order valence-corrected chi connectivity index (χ2v) is 5.55. The van der Waals surface area contributed by atoms with E-state index in [4.69, 9.17) is 0 Å². The second kappa shape index (κ2) is 4.97. The minimum absolute atomic E-state index is 0.197. The van der Waals surface area contributed by atoms with E-state index in [0.717, 1.165) is 21.7 Å². The zero-order valence-corrected chi connectivity index (χ0v) is 11.9. The van der Waals surface area contributed by atoms with E-state index in [0.29, 0.717) is 10.7 Å². The first-order valence-electron chi connectivity index (χ1n) is 6.10. The van der Waals surface area contributed by atoms with Crippen molar-refractivity contribution in [2.75, 3.05) is 5.32 Å². The van der Waals surface area contributed by atoms with Gasteiger partial charge in [0.1, 0.15) is 4.88 Å². The molecule has 0 aliphatic heterocycles. The van der Waals surface area contributed by atoms with Gasteiger partial charge in [0.2, 0.25) is 0 Å². The Balaban J connectivity index is 1.89. The predicted molar refractivity (Wildman–Crippen MR) is 79.1 cm³/mol. The van der Waals surface area contributed by atoms with E-state index in [1.165, 1.54) is 11.3 Å². The number of fused-ring (bicyclic) bond motifs is 1. The van der Waals surface area contributed by atoms with Crippen molar-refractivity contribution >= 4 is 34.1 Å². The van der Waals surface area contributed by atoms with Crippen LogP contribution >= 0.6 is 11.3 Å². The summed E-state index contributed by atoms with van der Waals surface area (Å²) in [5.74, 6) is 0.247. The molecule has 20 heavy (non-hydrogen) atoms. The number of carbonyl (C=O) groups is 1. The molecule has 5 nitrogen and oxygen atoms in total. The molecule has 0 unspecified atom stereocenters. The average molecular weight is 284 g/mol. The highest BCUT2D eigenvalue weighted by Crippen LogP contribution is 2.19. The van der Waals surface area contributed by atoms with E-state index >= 15 is 0 Å². The van der Waals surface area contributed by atoms with Crippen molar-refractivity contribution in [1.82, 2.24) is 15.0 Å². The third-order valence-electron chi connectivity index (χ3n) is 2.80. The number of nitrogens with one attached hydrogen (secondary N) is 1. The largest absolute Gasteiger partial charge is 0.304 e. The topological polar surface area (TPSA) is 67.8 Å². The highest BCUT2D eigenvalue weighted by atomic mass is 32.1. The summed E-state index contributed by atoms with van der Waals surface area (Å²) >= 11 is 1.37. The number of hydrogen-bond donors (Lipinski definition) is 1. The zero-order chi connectivity index (χ0) is 14.1. The maximum Gasteiger partial charge on any atom is 0.268 e. The van der Waals surface area contributed by atoms with Crippen molar-refractivity contribution in [1.29, 1.82) is 0 Å².